The van der Waals surface area contributed by atoms with Crippen molar-refractivity contribution in [1.82, 2.24) is 24.3 Å². The van der Waals surface area contributed by atoms with E-state index in [4.69, 9.17) is 0 Å². The van der Waals surface area contributed by atoms with Crippen molar-refractivity contribution in [3.8, 4) is 5.88 Å². The molecule has 9 heteroatoms. The molecule has 142 valence electrons. The molecule has 0 amide bonds. The first kappa shape index (κ1) is 18.9. The van der Waals surface area contributed by atoms with Gasteiger partial charge in [0.2, 0.25) is 13.3 Å². The zero-order chi connectivity index (χ0) is 19.1. The lowest BCUT2D eigenvalue weighted by atomic mass is 10.2. The molecule has 0 aromatic carbocycles. The van der Waals surface area contributed by atoms with Crippen LogP contribution in [0.4, 0.5) is 5.69 Å². The van der Waals surface area contributed by atoms with E-state index in [0.29, 0.717) is 18.1 Å². The van der Waals surface area contributed by atoms with Gasteiger partial charge in [0.15, 0.2) is 0 Å². The average molecular weight is 378 g/mol. The van der Waals surface area contributed by atoms with E-state index in [2.05, 4.69) is 20.3 Å². The second kappa shape index (κ2) is 7.02. The van der Waals surface area contributed by atoms with E-state index >= 15 is 0 Å². The average Bonchev–Trinajstić information content (AvgIpc) is 3.04. The minimum Gasteiger partial charge on any atom is -0.492 e. The predicted molar refractivity (Wildman–Crippen MR) is 103 cm³/mol. The summed E-state index contributed by atoms with van der Waals surface area (Å²) >= 11 is 0. The quantitative estimate of drug-likeness (QED) is 0.688. The molecule has 1 aliphatic rings. The number of rotatable bonds is 5. The van der Waals surface area contributed by atoms with E-state index in [9.17, 15) is 9.67 Å². The molecule has 8 nitrogen and oxygen atoms in total. The van der Waals surface area contributed by atoms with Gasteiger partial charge in [-0.3, -0.25) is 9.55 Å². The van der Waals surface area contributed by atoms with Crippen LogP contribution in [-0.4, -0.2) is 63.1 Å². The maximum atomic E-state index is 13.9. The van der Waals surface area contributed by atoms with Crippen LogP contribution < -0.4 is 5.32 Å². The Labute approximate surface area is 154 Å². The molecule has 2 aromatic heterocycles. The van der Waals surface area contributed by atoms with Crippen LogP contribution in [-0.2, 0) is 4.57 Å². The summed E-state index contributed by atoms with van der Waals surface area (Å²) in [6.07, 6.45) is 0. The van der Waals surface area contributed by atoms with Crippen molar-refractivity contribution in [3.05, 3.63) is 35.0 Å². The molecule has 0 bridgehead atoms. The van der Waals surface area contributed by atoms with Crippen molar-refractivity contribution in [2.45, 2.75) is 26.4 Å². The number of hydrogen-bond acceptors (Lipinski definition) is 5. The van der Waals surface area contributed by atoms with E-state index in [1.165, 1.54) is 0 Å². The maximum Gasteiger partial charge on any atom is 0.232 e. The van der Waals surface area contributed by atoms with Crippen molar-refractivity contribution in [2.24, 2.45) is 0 Å². The van der Waals surface area contributed by atoms with Crippen molar-refractivity contribution >= 4 is 13.1 Å². The smallest absolute Gasteiger partial charge is 0.232 e. The van der Waals surface area contributed by atoms with E-state index < -0.39 is 13.1 Å². The molecule has 3 heterocycles. The fourth-order valence-corrected chi connectivity index (χ4v) is 6.39. The number of nitrogens with zero attached hydrogens (tertiary/aromatic N) is 4. The van der Waals surface area contributed by atoms with Crippen LogP contribution >= 0.6 is 7.44 Å². The molecule has 1 fully saturated rings. The lowest BCUT2D eigenvalue weighted by molar-refractivity contribution is 0.449. The lowest BCUT2D eigenvalue weighted by Gasteiger charge is -2.32. The number of anilines is 1. The molecule has 3 N–H and O–H groups in total. The highest BCUT2D eigenvalue weighted by Gasteiger charge is 2.47. The molecular weight excluding hydrogens is 351 g/mol. The van der Waals surface area contributed by atoms with Gasteiger partial charge in [-0.05, 0) is 47.0 Å². The highest BCUT2D eigenvalue weighted by molar-refractivity contribution is 7.59. The number of hydrogen-bond donors (Lipinski definition) is 3. The Morgan fingerprint density at radius 3 is 2.42 bits per heavy atom. The Balaban J connectivity index is 1.94. The molecule has 1 aliphatic heterocycles. The Hall–Kier alpha value is -1.89. The highest BCUT2D eigenvalue weighted by Crippen LogP contribution is 2.65. The third-order valence-electron chi connectivity index (χ3n) is 5.04. The van der Waals surface area contributed by atoms with Crippen LogP contribution in [0.5, 0.6) is 5.88 Å². The SMILES string of the molecule is Cc1ccc(NCC(c2nc(O)c(C)[nH]2)P2(=O)N(C)CCN2C)c(C)n1. The van der Waals surface area contributed by atoms with Gasteiger partial charge < -0.3 is 15.4 Å². The third kappa shape index (κ3) is 3.24. The first-order valence-electron chi connectivity index (χ1n) is 8.70. The second-order valence-corrected chi connectivity index (χ2v) is 10.1. The second-order valence-electron chi connectivity index (χ2n) is 6.90. The summed E-state index contributed by atoms with van der Waals surface area (Å²) in [5.41, 5.74) is 2.94. The van der Waals surface area contributed by atoms with Crippen molar-refractivity contribution in [3.63, 3.8) is 0 Å². The van der Waals surface area contributed by atoms with Crippen molar-refractivity contribution in [1.29, 1.82) is 0 Å². The topological polar surface area (TPSA) is 97.4 Å². The van der Waals surface area contributed by atoms with Crippen LogP contribution in [0.25, 0.3) is 0 Å². The highest BCUT2D eigenvalue weighted by atomic mass is 31.2. The fraction of sp³-hybridized carbons (Fsp3) is 0.529. The predicted octanol–water partition coefficient (Wildman–Crippen LogP) is 2.66. The van der Waals surface area contributed by atoms with Gasteiger partial charge in [0.1, 0.15) is 11.5 Å². The number of H-pyrrole nitrogens is 1. The summed E-state index contributed by atoms with van der Waals surface area (Å²) in [7, 11) is 0.888. The first-order valence-corrected chi connectivity index (χ1v) is 10.4. The number of aromatic nitrogens is 3. The normalized spacial score (nSPS) is 19.0. The fourth-order valence-electron chi connectivity index (χ4n) is 3.40. The van der Waals surface area contributed by atoms with Gasteiger partial charge in [0.25, 0.3) is 0 Å². The van der Waals surface area contributed by atoms with Gasteiger partial charge >= 0.3 is 0 Å². The molecule has 1 atom stereocenters. The minimum atomic E-state index is -2.87. The van der Waals surface area contributed by atoms with Crippen molar-refractivity contribution < 1.29 is 9.67 Å². The number of imidazole rings is 1. The van der Waals surface area contributed by atoms with Gasteiger partial charge in [-0.25, -0.2) is 9.34 Å². The number of aromatic amines is 1. The first-order chi connectivity index (χ1) is 12.2. The number of aryl methyl sites for hydroxylation is 3. The standard InChI is InChI=1S/C17H27N6O2P/c1-11-6-7-14(12(2)19-11)18-10-15(16-20-13(3)17(24)21-16)26(25)22(4)8-9-23(26)5/h6-7,15,18,24H,8-10H2,1-5H3,(H,20,21). The molecule has 1 unspecified atom stereocenters. The molecule has 0 saturated carbocycles. The minimum absolute atomic E-state index is 0.0470. The van der Waals surface area contributed by atoms with Crippen LogP contribution in [0.3, 0.4) is 0 Å². The number of likely N-dealkylation sites (N-methyl/N-ethyl adjacent to an activating group) is 2. The van der Waals surface area contributed by atoms with Gasteiger partial charge in [0, 0.05) is 25.3 Å². The van der Waals surface area contributed by atoms with Crippen LogP contribution in [0.1, 0.15) is 28.6 Å². The Kier molecular flexibility index (Phi) is 5.10. The Bertz CT molecular complexity index is 818. The summed E-state index contributed by atoms with van der Waals surface area (Å²) in [6.45, 7) is 7.55. The van der Waals surface area contributed by atoms with E-state index in [-0.39, 0.29) is 5.88 Å². The van der Waals surface area contributed by atoms with Crippen molar-refractivity contribution in [2.75, 3.05) is 39.0 Å². The zero-order valence-corrected chi connectivity index (χ0v) is 16.8. The Morgan fingerprint density at radius 1 is 1.23 bits per heavy atom. The van der Waals surface area contributed by atoms with E-state index in [1.807, 2.05) is 49.4 Å². The van der Waals surface area contributed by atoms with Crippen LogP contribution in [0.2, 0.25) is 0 Å². The van der Waals surface area contributed by atoms with E-state index in [0.717, 1.165) is 30.2 Å². The van der Waals surface area contributed by atoms with Crippen LogP contribution in [0.15, 0.2) is 12.1 Å². The number of nitrogens with one attached hydrogen (secondary N) is 2. The monoisotopic (exact) mass is 378 g/mol. The summed E-state index contributed by atoms with van der Waals surface area (Å²) in [5, 5.41) is 13.3. The maximum absolute atomic E-state index is 13.9. The molecule has 26 heavy (non-hydrogen) atoms. The van der Waals surface area contributed by atoms with E-state index in [1.54, 1.807) is 6.92 Å². The summed E-state index contributed by atoms with van der Waals surface area (Å²) < 4.78 is 17.7. The molecular formula is C17H27N6O2P. The van der Waals surface area contributed by atoms with Gasteiger partial charge in [-0.15, -0.1) is 0 Å². The van der Waals surface area contributed by atoms with Gasteiger partial charge in [-0.1, -0.05) is 0 Å². The Morgan fingerprint density at radius 2 is 1.88 bits per heavy atom. The summed E-state index contributed by atoms with van der Waals surface area (Å²) in [6, 6.07) is 3.93. The molecule has 0 spiro atoms. The van der Waals surface area contributed by atoms with Crippen LogP contribution in [0, 0.1) is 20.8 Å². The van der Waals surface area contributed by atoms with Gasteiger partial charge in [-0.2, -0.15) is 4.98 Å². The zero-order valence-electron chi connectivity index (χ0n) is 15.9. The molecule has 2 aromatic rings. The molecule has 1 saturated heterocycles. The molecule has 3 rings (SSSR count). The van der Waals surface area contributed by atoms with Gasteiger partial charge in [0.05, 0.1) is 17.1 Å². The number of aromatic hydroxyl groups is 1. The molecule has 0 aliphatic carbocycles. The summed E-state index contributed by atoms with van der Waals surface area (Å²) in [5.74, 6) is 0.489. The lowest BCUT2D eigenvalue weighted by Crippen LogP contribution is -2.25. The largest absolute Gasteiger partial charge is 0.492 e. The summed E-state index contributed by atoms with van der Waals surface area (Å²) in [4.78, 5) is 11.8. The molecule has 0 radical (unpaired) electrons. The third-order valence-corrected chi connectivity index (χ3v) is 8.63. The number of pyridine rings is 1.